The third kappa shape index (κ3) is 3.71. The van der Waals surface area contributed by atoms with E-state index in [2.05, 4.69) is 71.7 Å². The van der Waals surface area contributed by atoms with Gasteiger partial charge in [0, 0.05) is 36.4 Å². The van der Waals surface area contributed by atoms with Crippen LogP contribution in [-0.4, -0.2) is 38.7 Å². The molecule has 0 aliphatic carbocycles. The molecule has 5 nitrogen and oxygen atoms in total. The Morgan fingerprint density at radius 2 is 1.91 bits per heavy atom. The SMILES string of the molecule is C=CC(=O)N1CCCC(n2nc(-c3ccc(-c4cccc(C)c4)cc3)c3cnccc32)C1. The van der Waals surface area contributed by atoms with E-state index in [4.69, 9.17) is 5.10 Å². The van der Waals surface area contributed by atoms with Gasteiger partial charge in [-0.05, 0) is 43.0 Å². The normalized spacial score (nSPS) is 16.3. The third-order valence-corrected chi connectivity index (χ3v) is 6.25. The number of amides is 1. The molecule has 3 heterocycles. The van der Waals surface area contributed by atoms with Crippen LogP contribution < -0.4 is 0 Å². The lowest BCUT2D eigenvalue weighted by atomic mass is 10.0. The zero-order valence-electron chi connectivity index (χ0n) is 18.2. The van der Waals surface area contributed by atoms with Crippen molar-refractivity contribution in [2.75, 3.05) is 13.1 Å². The first-order valence-electron chi connectivity index (χ1n) is 11.0. The minimum absolute atomic E-state index is 0.0141. The van der Waals surface area contributed by atoms with E-state index in [0.29, 0.717) is 6.54 Å². The van der Waals surface area contributed by atoms with Crippen molar-refractivity contribution >= 4 is 16.8 Å². The van der Waals surface area contributed by atoms with E-state index in [9.17, 15) is 4.79 Å². The molecule has 1 atom stereocenters. The average molecular weight is 423 g/mol. The van der Waals surface area contributed by atoms with Crippen LogP contribution in [0.25, 0.3) is 33.3 Å². The molecule has 1 unspecified atom stereocenters. The molecule has 0 radical (unpaired) electrons. The molecule has 32 heavy (non-hydrogen) atoms. The lowest BCUT2D eigenvalue weighted by Crippen LogP contribution is -2.40. The summed E-state index contributed by atoms with van der Waals surface area (Å²) in [5.74, 6) is -0.0141. The molecule has 4 aromatic rings. The molecular weight excluding hydrogens is 396 g/mol. The van der Waals surface area contributed by atoms with Gasteiger partial charge in [-0.1, -0.05) is 60.7 Å². The van der Waals surface area contributed by atoms with Crippen molar-refractivity contribution in [3.8, 4) is 22.4 Å². The minimum Gasteiger partial charge on any atom is -0.337 e. The Hall–Kier alpha value is -3.73. The highest BCUT2D eigenvalue weighted by atomic mass is 16.2. The van der Waals surface area contributed by atoms with E-state index < -0.39 is 0 Å². The molecule has 160 valence electrons. The smallest absolute Gasteiger partial charge is 0.246 e. The summed E-state index contributed by atoms with van der Waals surface area (Å²) in [4.78, 5) is 18.4. The summed E-state index contributed by atoms with van der Waals surface area (Å²) in [6.07, 6.45) is 7.04. The molecule has 0 spiro atoms. The summed E-state index contributed by atoms with van der Waals surface area (Å²) in [7, 11) is 0. The summed E-state index contributed by atoms with van der Waals surface area (Å²) in [5, 5.41) is 6.06. The largest absolute Gasteiger partial charge is 0.337 e. The number of carbonyl (C=O) groups is 1. The highest BCUT2D eigenvalue weighted by Crippen LogP contribution is 2.33. The predicted octanol–water partition coefficient (Wildman–Crippen LogP) is 5.42. The summed E-state index contributed by atoms with van der Waals surface area (Å²) < 4.78 is 2.09. The molecule has 0 saturated carbocycles. The summed E-state index contributed by atoms with van der Waals surface area (Å²) in [5.41, 5.74) is 6.69. The Bertz CT molecular complexity index is 1290. The Morgan fingerprint density at radius 3 is 2.69 bits per heavy atom. The summed E-state index contributed by atoms with van der Waals surface area (Å²) >= 11 is 0. The molecular formula is C27H26N4O. The Balaban J connectivity index is 1.52. The van der Waals surface area contributed by atoms with E-state index >= 15 is 0 Å². The second-order valence-electron chi connectivity index (χ2n) is 8.42. The zero-order chi connectivity index (χ0) is 22.1. The van der Waals surface area contributed by atoms with Gasteiger partial charge in [0.1, 0.15) is 5.69 Å². The fourth-order valence-corrected chi connectivity index (χ4v) is 4.61. The second kappa shape index (κ2) is 8.42. The highest BCUT2D eigenvalue weighted by molar-refractivity contribution is 5.93. The number of hydrogen-bond donors (Lipinski definition) is 0. The standard InChI is InChI=1S/C27H26N4O/c1-3-26(32)30-15-5-8-23(18-30)31-25-13-14-28-17-24(25)27(29-31)21-11-9-20(10-12-21)22-7-4-6-19(2)16-22/h3-4,6-7,9-14,16-17,23H,1,5,8,15,18H2,2H3. The second-order valence-corrected chi connectivity index (χ2v) is 8.42. The van der Waals surface area contributed by atoms with Crippen molar-refractivity contribution in [1.82, 2.24) is 19.7 Å². The molecule has 1 saturated heterocycles. The Labute approximate surface area is 188 Å². The van der Waals surface area contributed by atoms with Gasteiger partial charge in [0.05, 0.1) is 11.6 Å². The van der Waals surface area contributed by atoms with Crippen LogP contribution in [0.2, 0.25) is 0 Å². The summed E-state index contributed by atoms with van der Waals surface area (Å²) in [6.45, 7) is 7.17. The van der Waals surface area contributed by atoms with Gasteiger partial charge in [-0.15, -0.1) is 0 Å². The van der Waals surface area contributed by atoms with Crippen molar-refractivity contribution in [2.24, 2.45) is 0 Å². The first kappa shape index (κ1) is 20.2. The minimum atomic E-state index is -0.0141. The fourth-order valence-electron chi connectivity index (χ4n) is 4.61. The van der Waals surface area contributed by atoms with Crippen LogP contribution in [0.3, 0.4) is 0 Å². The molecule has 5 rings (SSSR count). The Morgan fingerprint density at radius 1 is 1.09 bits per heavy atom. The number of likely N-dealkylation sites (tertiary alicyclic amines) is 1. The van der Waals surface area contributed by atoms with E-state index in [1.54, 1.807) is 6.20 Å². The van der Waals surface area contributed by atoms with Crippen molar-refractivity contribution in [3.63, 3.8) is 0 Å². The first-order valence-corrected chi connectivity index (χ1v) is 11.0. The number of hydrogen-bond acceptors (Lipinski definition) is 3. The molecule has 5 heteroatoms. The molecule has 1 aliphatic heterocycles. The van der Waals surface area contributed by atoms with Crippen LogP contribution in [0.15, 0.2) is 79.6 Å². The average Bonchev–Trinajstić information content (AvgIpc) is 3.23. The van der Waals surface area contributed by atoms with E-state index in [1.165, 1.54) is 22.8 Å². The number of nitrogens with zero attached hydrogens (tertiary/aromatic N) is 4. The van der Waals surface area contributed by atoms with E-state index in [1.807, 2.05) is 17.2 Å². The molecule has 0 N–H and O–H groups in total. The van der Waals surface area contributed by atoms with Crippen LogP contribution in [-0.2, 0) is 4.79 Å². The topological polar surface area (TPSA) is 51.0 Å². The molecule has 1 fully saturated rings. The maximum Gasteiger partial charge on any atom is 0.246 e. The molecule has 2 aromatic heterocycles. The number of piperidine rings is 1. The van der Waals surface area contributed by atoms with Gasteiger partial charge in [-0.3, -0.25) is 14.5 Å². The zero-order valence-corrected chi connectivity index (χ0v) is 18.2. The number of fused-ring (bicyclic) bond motifs is 1. The van der Waals surface area contributed by atoms with Gasteiger partial charge in [0.2, 0.25) is 5.91 Å². The number of carbonyl (C=O) groups excluding carboxylic acids is 1. The Kier molecular flexibility index (Phi) is 5.31. The van der Waals surface area contributed by atoms with Crippen LogP contribution in [0, 0.1) is 6.92 Å². The van der Waals surface area contributed by atoms with Gasteiger partial charge < -0.3 is 4.90 Å². The molecule has 1 amide bonds. The summed E-state index contributed by atoms with van der Waals surface area (Å²) in [6, 6.07) is 19.2. The van der Waals surface area contributed by atoms with Crippen LogP contribution >= 0.6 is 0 Å². The monoisotopic (exact) mass is 422 g/mol. The lowest BCUT2D eigenvalue weighted by Gasteiger charge is -2.32. The van der Waals surface area contributed by atoms with Gasteiger partial charge >= 0.3 is 0 Å². The maximum absolute atomic E-state index is 12.2. The van der Waals surface area contributed by atoms with Gasteiger partial charge in [0.15, 0.2) is 0 Å². The van der Waals surface area contributed by atoms with Crippen LogP contribution in [0.5, 0.6) is 0 Å². The number of pyridine rings is 1. The van der Waals surface area contributed by atoms with Gasteiger partial charge in [0.25, 0.3) is 0 Å². The molecule has 1 aliphatic rings. The molecule has 2 aromatic carbocycles. The number of aromatic nitrogens is 3. The highest BCUT2D eigenvalue weighted by Gasteiger charge is 2.26. The third-order valence-electron chi connectivity index (χ3n) is 6.25. The fraction of sp³-hybridized carbons (Fsp3) is 0.222. The van der Waals surface area contributed by atoms with Crippen LogP contribution in [0.4, 0.5) is 0 Å². The van der Waals surface area contributed by atoms with Crippen molar-refractivity contribution in [2.45, 2.75) is 25.8 Å². The maximum atomic E-state index is 12.2. The van der Waals surface area contributed by atoms with E-state index in [-0.39, 0.29) is 11.9 Å². The lowest BCUT2D eigenvalue weighted by molar-refractivity contribution is -0.127. The van der Waals surface area contributed by atoms with Crippen LogP contribution in [0.1, 0.15) is 24.4 Å². The quantitative estimate of drug-likeness (QED) is 0.413. The van der Waals surface area contributed by atoms with E-state index in [0.717, 1.165) is 41.5 Å². The van der Waals surface area contributed by atoms with Crippen molar-refractivity contribution < 1.29 is 4.79 Å². The molecule has 0 bridgehead atoms. The van der Waals surface area contributed by atoms with Crippen molar-refractivity contribution in [1.29, 1.82) is 0 Å². The number of benzene rings is 2. The van der Waals surface area contributed by atoms with Gasteiger partial charge in [-0.2, -0.15) is 5.10 Å². The number of aryl methyl sites for hydroxylation is 1. The van der Waals surface area contributed by atoms with Crippen molar-refractivity contribution in [3.05, 3.63) is 85.2 Å². The predicted molar refractivity (Wildman–Crippen MR) is 128 cm³/mol. The first-order chi connectivity index (χ1) is 15.6. The van der Waals surface area contributed by atoms with Gasteiger partial charge in [-0.25, -0.2) is 0 Å². The number of rotatable bonds is 4.